The van der Waals surface area contributed by atoms with E-state index < -0.39 is 0 Å². The third-order valence-corrected chi connectivity index (χ3v) is 3.62. The van der Waals surface area contributed by atoms with Crippen molar-refractivity contribution in [2.75, 3.05) is 31.1 Å². The maximum absolute atomic E-state index is 5.69. The van der Waals surface area contributed by atoms with E-state index in [-0.39, 0.29) is 0 Å². The molecule has 0 aliphatic carbocycles. The molecule has 5 heteroatoms. The summed E-state index contributed by atoms with van der Waals surface area (Å²) < 4.78 is 5.69. The van der Waals surface area contributed by atoms with Gasteiger partial charge in [0, 0.05) is 25.2 Å². The second-order valence-corrected chi connectivity index (χ2v) is 5.52. The van der Waals surface area contributed by atoms with E-state index in [4.69, 9.17) is 9.72 Å². The van der Waals surface area contributed by atoms with Gasteiger partial charge in [-0.05, 0) is 32.2 Å². The van der Waals surface area contributed by atoms with Crippen LogP contribution >= 0.6 is 0 Å². The lowest BCUT2D eigenvalue weighted by Crippen LogP contribution is -2.32. The zero-order chi connectivity index (χ0) is 15.1. The topological polar surface area (TPSA) is 50.3 Å². The van der Waals surface area contributed by atoms with Gasteiger partial charge in [-0.3, -0.25) is 0 Å². The summed E-state index contributed by atoms with van der Waals surface area (Å²) in [5.41, 5.74) is 2.41. The molecule has 0 radical (unpaired) electrons. The predicted octanol–water partition coefficient (Wildman–Crippen LogP) is 2.54. The van der Waals surface area contributed by atoms with Crippen molar-refractivity contribution in [3.63, 3.8) is 0 Å². The Kier molecular flexibility index (Phi) is 6.23. The van der Waals surface area contributed by atoms with E-state index in [0.29, 0.717) is 12.6 Å². The normalized spacial score (nSPS) is 13.9. The largest absolute Gasteiger partial charge is 0.463 e. The van der Waals surface area contributed by atoms with Crippen LogP contribution in [0.3, 0.4) is 0 Å². The SMILES string of the molecule is CCCOc1nc2c(c(N(CCC)CCC)n1)CCNC2. The lowest BCUT2D eigenvalue weighted by Gasteiger charge is -2.28. The molecule has 0 aromatic carbocycles. The highest BCUT2D eigenvalue weighted by molar-refractivity contribution is 5.51. The number of nitrogens with one attached hydrogen (secondary N) is 1. The first kappa shape index (κ1) is 16.0. The minimum absolute atomic E-state index is 0.534. The fraction of sp³-hybridized carbons (Fsp3) is 0.750. The highest BCUT2D eigenvalue weighted by Gasteiger charge is 2.21. The van der Waals surface area contributed by atoms with E-state index in [2.05, 4.69) is 36.0 Å². The van der Waals surface area contributed by atoms with Crippen molar-refractivity contribution >= 4 is 5.82 Å². The monoisotopic (exact) mass is 292 g/mol. The molecule has 5 nitrogen and oxygen atoms in total. The van der Waals surface area contributed by atoms with Crippen molar-refractivity contribution in [3.05, 3.63) is 11.3 Å². The molecule has 1 aromatic rings. The van der Waals surface area contributed by atoms with Gasteiger partial charge in [0.25, 0.3) is 0 Å². The standard InChI is InChI=1S/C16H28N4O/c1-4-9-20(10-5-2)15-13-7-8-17-12-14(13)18-16(19-15)21-11-6-3/h17H,4-12H2,1-3H3. The van der Waals surface area contributed by atoms with Crippen LogP contribution in [0.5, 0.6) is 6.01 Å². The molecular formula is C16H28N4O. The van der Waals surface area contributed by atoms with Crippen LogP contribution in [0, 0.1) is 0 Å². The first-order valence-corrected chi connectivity index (χ1v) is 8.28. The molecule has 0 unspecified atom stereocenters. The fourth-order valence-corrected chi connectivity index (χ4v) is 2.70. The third kappa shape index (κ3) is 4.06. The van der Waals surface area contributed by atoms with Gasteiger partial charge in [-0.2, -0.15) is 9.97 Å². The first-order chi connectivity index (χ1) is 10.3. The molecule has 0 amide bonds. The molecule has 0 saturated heterocycles. The number of anilines is 1. The van der Waals surface area contributed by atoms with Crippen LogP contribution in [0.2, 0.25) is 0 Å². The number of rotatable bonds is 8. The molecule has 2 heterocycles. The number of ether oxygens (including phenoxy) is 1. The molecular weight excluding hydrogens is 264 g/mol. The van der Waals surface area contributed by atoms with Gasteiger partial charge in [-0.1, -0.05) is 20.8 Å². The van der Waals surface area contributed by atoms with Crippen LogP contribution in [0.1, 0.15) is 51.3 Å². The number of fused-ring (bicyclic) bond motifs is 1. The Balaban J connectivity index is 2.34. The number of nitrogens with zero attached hydrogens (tertiary/aromatic N) is 3. The maximum atomic E-state index is 5.69. The fourth-order valence-electron chi connectivity index (χ4n) is 2.70. The summed E-state index contributed by atoms with van der Waals surface area (Å²) in [6, 6.07) is 0.534. The van der Waals surface area contributed by atoms with Crippen LogP contribution in [0.4, 0.5) is 5.82 Å². The van der Waals surface area contributed by atoms with Crippen LogP contribution in [0.15, 0.2) is 0 Å². The molecule has 118 valence electrons. The summed E-state index contributed by atoms with van der Waals surface area (Å²) in [6.45, 7) is 11.1. The molecule has 1 aliphatic rings. The van der Waals surface area contributed by atoms with Gasteiger partial charge in [-0.15, -0.1) is 0 Å². The zero-order valence-corrected chi connectivity index (χ0v) is 13.6. The second-order valence-electron chi connectivity index (χ2n) is 5.52. The molecule has 1 N–H and O–H groups in total. The molecule has 21 heavy (non-hydrogen) atoms. The van der Waals surface area contributed by atoms with E-state index in [1.807, 2.05) is 0 Å². The van der Waals surface area contributed by atoms with Gasteiger partial charge in [0.05, 0.1) is 12.3 Å². The Morgan fingerprint density at radius 1 is 1.10 bits per heavy atom. The smallest absolute Gasteiger partial charge is 0.318 e. The molecule has 0 atom stereocenters. The maximum Gasteiger partial charge on any atom is 0.318 e. The Morgan fingerprint density at radius 3 is 2.52 bits per heavy atom. The second kappa shape index (κ2) is 8.17. The van der Waals surface area contributed by atoms with Crippen molar-refractivity contribution < 1.29 is 4.74 Å². The van der Waals surface area contributed by atoms with Crippen LogP contribution < -0.4 is 15.0 Å². The summed E-state index contributed by atoms with van der Waals surface area (Å²) in [7, 11) is 0. The van der Waals surface area contributed by atoms with Crippen molar-refractivity contribution in [1.82, 2.24) is 15.3 Å². The molecule has 0 fully saturated rings. The Bertz CT molecular complexity index is 444. The summed E-state index contributed by atoms with van der Waals surface area (Å²) in [5.74, 6) is 1.09. The van der Waals surface area contributed by atoms with E-state index >= 15 is 0 Å². The Labute approximate surface area is 128 Å². The minimum Gasteiger partial charge on any atom is -0.463 e. The van der Waals surface area contributed by atoms with Gasteiger partial charge in [-0.25, -0.2) is 0 Å². The highest BCUT2D eigenvalue weighted by atomic mass is 16.5. The Morgan fingerprint density at radius 2 is 1.86 bits per heavy atom. The van der Waals surface area contributed by atoms with Crippen molar-refractivity contribution in [1.29, 1.82) is 0 Å². The Hall–Kier alpha value is -1.36. The van der Waals surface area contributed by atoms with Gasteiger partial charge < -0.3 is 15.0 Å². The lowest BCUT2D eigenvalue weighted by molar-refractivity contribution is 0.290. The summed E-state index contributed by atoms with van der Waals surface area (Å²) in [5, 5.41) is 3.39. The number of hydrogen-bond donors (Lipinski definition) is 1. The first-order valence-electron chi connectivity index (χ1n) is 8.28. The van der Waals surface area contributed by atoms with Gasteiger partial charge in [0.15, 0.2) is 0 Å². The summed E-state index contributed by atoms with van der Waals surface area (Å²) >= 11 is 0. The van der Waals surface area contributed by atoms with Gasteiger partial charge >= 0.3 is 6.01 Å². The molecule has 0 spiro atoms. The average Bonchev–Trinajstić information content (AvgIpc) is 2.52. The van der Waals surface area contributed by atoms with Crippen LogP contribution in [0.25, 0.3) is 0 Å². The van der Waals surface area contributed by atoms with E-state index in [0.717, 1.165) is 63.4 Å². The van der Waals surface area contributed by atoms with Crippen molar-refractivity contribution in [2.24, 2.45) is 0 Å². The van der Waals surface area contributed by atoms with E-state index in [1.165, 1.54) is 5.56 Å². The minimum atomic E-state index is 0.534. The van der Waals surface area contributed by atoms with Gasteiger partial charge in [0.1, 0.15) is 5.82 Å². The average molecular weight is 292 g/mol. The molecule has 0 saturated carbocycles. The number of hydrogen-bond acceptors (Lipinski definition) is 5. The van der Waals surface area contributed by atoms with Crippen LogP contribution in [-0.2, 0) is 13.0 Å². The van der Waals surface area contributed by atoms with E-state index in [1.54, 1.807) is 0 Å². The van der Waals surface area contributed by atoms with Gasteiger partial charge in [0.2, 0.25) is 0 Å². The quantitative estimate of drug-likeness (QED) is 0.798. The third-order valence-electron chi connectivity index (χ3n) is 3.62. The van der Waals surface area contributed by atoms with E-state index in [9.17, 15) is 0 Å². The molecule has 1 aromatic heterocycles. The number of aromatic nitrogens is 2. The predicted molar refractivity (Wildman–Crippen MR) is 86.0 cm³/mol. The summed E-state index contributed by atoms with van der Waals surface area (Å²) in [6.07, 6.45) is 4.23. The molecule has 0 bridgehead atoms. The molecule has 1 aliphatic heterocycles. The molecule has 2 rings (SSSR count). The highest BCUT2D eigenvalue weighted by Crippen LogP contribution is 2.26. The zero-order valence-electron chi connectivity index (χ0n) is 13.6. The van der Waals surface area contributed by atoms with Crippen molar-refractivity contribution in [2.45, 2.75) is 53.0 Å². The lowest BCUT2D eigenvalue weighted by atomic mass is 10.1. The van der Waals surface area contributed by atoms with Crippen molar-refractivity contribution in [3.8, 4) is 6.01 Å². The summed E-state index contributed by atoms with van der Waals surface area (Å²) in [4.78, 5) is 11.7. The van der Waals surface area contributed by atoms with Crippen LogP contribution in [-0.4, -0.2) is 36.2 Å².